The molecule has 0 bridgehead atoms. The smallest absolute Gasteiger partial charge is 0.133 e. The average molecular weight is 196 g/mol. The predicted octanol–water partition coefficient (Wildman–Crippen LogP) is 0.346. The second kappa shape index (κ2) is 3.51. The molecule has 1 aromatic rings. The van der Waals surface area contributed by atoms with Crippen molar-refractivity contribution >= 4 is 17.6 Å². The number of nitrogens with zero attached hydrogens (tertiary/aromatic N) is 3. The molecule has 5 heteroatoms. The number of hydrogen-bond donors (Lipinski definition) is 1. The molecule has 0 radical (unpaired) electrons. The van der Waals surface area contributed by atoms with Gasteiger partial charge in [0.15, 0.2) is 0 Å². The maximum Gasteiger partial charge on any atom is 0.133 e. The predicted molar refractivity (Wildman–Crippen MR) is 54.0 cm³/mol. The van der Waals surface area contributed by atoms with Crippen LogP contribution in [0.2, 0.25) is 0 Å². The van der Waals surface area contributed by atoms with E-state index in [0.717, 1.165) is 23.9 Å². The molecular weight excluding hydrogens is 184 g/mol. The van der Waals surface area contributed by atoms with Crippen LogP contribution in [0.3, 0.4) is 0 Å². The number of thioether (sulfide) groups is 1. The van der Waals surface area contributed by atoms with Crippen molar-refractivity contribution < 1.29 is 0 Å². The van der Waals surface area contributed by atoms with Crippen molar-refractivity contribution in [2.24, 2.45) is 5.73 Å². The molecule has 0 aliphatic carbocycles. The molecule has 2 heterocycles. The quantitative estimate of drug-likeness (QED) is 0.546. The summed E-state index contributed by atoms with van der Waals surface area (Å²) in [4.78, 5) is 10.5. The summed E-state index contributed by atoms with van der Waals surface area (Å²) in [6.45, 7) is 1.82. The Balaban J connectivity index is 2.12. The van der Waals surface area contributed by atoms with E-state index in [2.05, 4.69) is 14.9 Å². The van der Waals surface area contributed by atoms with E-state index in [1.54, 1.807) is 18.1 Å². The van der Waals surface area contributed by atoms with Crippen LogP contribution >= 0.6 is 11.8 Å². The summed E-state index contributed by atoms with van der Waals surface area (Å²) in [5.41, 5.74) is 5.69. The first-order valence-corrected chi connectivity index (χ1v) is 5.38. The number of aromatic nitrogens is 2. The third-order valence-electron chi connectivity index (χ3n) is 2.07. The normalized spacial score (nSPS) is 17.2. The Bertz CT molecular complexity index is 298. The second-order valence-electron chi connectivity index (χ2n) is 3.08. The summed E-state index contributed by atoms with van der Waals surface area (Å²) < 4.78 is 0. The van der Waals surface area contributed by atoms with Gasteiger partial charge in [0.1, 0.15) is 17.2 Å². The zero-order valence-corrected chi connectivity index (χ0v) is 8.29. The van der Waals surface area contributed by atoms with Gasteiger partial charge in [-0.3, -0.25) is 0 Å². The SMILES string of the molecule is CSc1cc(N2CC(N)C2)ncn1. The first kappa shape index (κ1) is 8.77. The lowest BCUT2D eigenvalue weighted by molar-refractivity contribution is 0.513. The minimum Gasteiger partial charge on any atom is -0.353 e. The van der Waals surface area contributed by atoms with Gasteiger partial charge in [0.2, 0.25) is 0 Å². The minimum atomic E-state index is 0.313. The molecule has 70 valence electrons. The van der Waals surface area contributed by atoms with Gasteiger partial charge in [-0.25, -0.2) is 9.97 Å². The summed E-state index contributed by atoms with van der Waals surface area (Å²) in [6.07, 6.45) is 3.61. The lowest BCUT2D eigenvalue weighted by atomic mass is 10.1. The van der Waals surface area contributed by atoms with Gasteiger partial charge in [-0.1, -0.05) is 0 Å². The van der Waals surface area contributed by atoms with Crippen molar-refractivity contribution in [1.29, 1.82) is 0 Å². The fourth-order valence-electron chi connectivity index (χ4n) is 1.31. The van der Waals surface area contributed by atoms with Crippen LogP contribution in [0.5, 0.6) is 0 Å². The van der Waals surface area contributed by atoms with Crippen molar-refractivity contribution in [2.45, 2.75) is 11.1 Å². The van der Waals surface area contributed by atoms with E-state index < -0.39 is 0 Å². The first-order valence-electron chi connectivity index (χ1n) is 4.16. The zero-order valence-electron chi connectivity index (χ0n) is 7.47. The Labute approximate surface area is 81.5 Å². The highest BCUT2D eigenvalue weighted by Gasteiger charge is 2.24. The average Bonchev–Trinajstić information content (AvgIpc) is 2.13. The van der Waals surface area contributed by atoms with Crippen molar-refractivity contribution in [3.8, 4) is 0 Å². The fourth-order valence-corrected chi connectivity index (χ4v) is 1.69. The van der Waals surface area contributed by atoms with E-state index in [4.69, 9.17) is 5.73 Å². The highest BCUT2D eigenvalue weighted by atomic mass is 32.2. The molecule has 4 nitrogen and oxygen atoms in total. The molecular formula is C8H12N4S. The molecule has 13 heavy (non-hydrogen) atoms. The van der Waals surface area contributed by atoms with Crippen molar-refractivity contribution in [1.82, 2.24) is 9.97 Å². The van der Waals surface area contributed by atoms with E-state index >= 15 is 0 Å². The number of nitrogens with two attached hydrogens (primary N) is 1. The lowest BCUT2D eigenvalue weighted by Crippen LogP contribution is -2.56. The van der Waals surface area contributed by atoms with Crippen LogP contribution in [-0.2, 0) is 0 Å². The fraction of sp³-hybridized carbons (Fsp3) is 0.500. The standard InChI is InChI=1S/C8H12N4S/c1-13-8-2-7(10-5-11-8)12-3-6(9)4-12/h2,5-6H,3-4,9H2,1H3. The van der Waals surface area contributed by atoms with Crippen LogP contribution in [0.15, 0.2) is 17.4 Å². The summed E-state index contributed by atoms with van der Waals surface area (Å²) >= 11 is 1.63. The molecule has 0 unspecified atom stereocenters. The maximum absolute atomic E-state index is 5.69. The van der Waals surface area contributed by atoms with Gasteiger partial charge in [0.25, 0.3) is 0 Å². The Hall–Kier alpha value is -0.810. The van der Waals surface area contributed by atoms with Crippen LogP contribution in [0.4, 0.5) is 5.82 Å². The van der Waals surface area contributed by atoms with Gasteiger partial charge in [-0.2, -0.15) is 0 Å². The molecule has 0 amide bonds. The molecule has 2 rings (SSSR count). The summed E-state index contributed by atoms with van der Waals surface area (Å²) in [5.74, 6) is 0.987. The highest BCUT2D eigenvalue weighted by Crippen LogP contribution is 2.20. The van der Waals surface area contributed by atoms with E-state index in [0.29, 0.717) is 6.04 Å². The second-order valence-corrected chi connectivity index (χ2v) is 3.91. The van der Waals surface area contributed by atoms with Gasteiger partial charge in [-0.15, -0.1) is 11.8 Å². The van der Waals surface area contributed by atoms with Crippen molar-refractivity contribution in [3.05, 3.63) is 12.4 Å². The van der Waals surface area contributed by atoms with Gasteiger partial charge < -0.3 is 10.6 Å². The number of hydrogen-bond acceptors (Lipinski definition) is 5. The molecule has 1 aromatic heterocycles. The molecule has 0 atom stereocenters. The van der Waals surface area contributed by atoms with Crippen LogP contribution in [0.25, 0.3) is 0 Å². The van der Waals surface area contributed by atoms with Crippen LogP contribution in [-0.4, -0.2) is 35.4 Å². The van der Waals surface area contributed by atoms with Crippen molar-refractivity contribution in [2.75, 3.05) is 24.2 Å². The minimum absolute atomic E-state index is 0.313. The molecule has 0 aromatic carbocycles. The molecule has 2 N–H and O–H groups in total. The van der Waals surface area contributed by atoms with Crippen molar-refractivity contribution in [3.63, 3.8) is 0 Å². The van der Waals surface area contributed by atoms with E-state index in [1.165, 1.54) is 0 Å². The third-order valence-corrected chi connectivity index (χ3v) is 2.71. The van der Waals surface area contributed by atoms with Gasteiger partial charge >= 0.3 is 0 Å². The Morgan fingerprint density at radius 3 is 2.92 bits per heavy atom. The van der Waals surface area contributed by atoms with Gasteiger partial charge in [-0.05, 0) is 6.26 Å². The summed E-state index contributed by atoms with van der Waals surface area (Å²) in [6, 6.07) is 2.31. The lowest BCUT2D eigenvalue weighted by Gasteiger charge is -2.37. The third kappa shape index (κ3) is 1.76. The van der Waals surface area contributed by atoms with E-state index in [1.807, 2.05) is 12.3 Å². The monoisotopic (exact) mass is 196 g/mol. The zero-order chi connectivity index (χ0) is 9.26. The molecule has 1 aliphatic rings. The summed E-state index contributed by atoms with van der Waals surface area (Å²) in [7, 11) is 0. The van der Waals surface area contributed by atoms with E-state index in [-0.39, 0.29) is 0 Å². The molecule has 0 spiro atoms. The van der Waals surface area contributed by atoms with Gasteiger partial charge in [0, 0.05) is 25.2 Å². The molecule has 0 saturated carbocycles. The Kier molecular flexibility index (Phi) is 2.37. The number of anilines is 1. The molecule has 1 saturated heterocycles. The topological polar surface area (TPSA) is 55.0 Å². The molecule has 1 fully saturated rings. The van der Waals surface area contributed by atoms with Crippen LogP contribution in [0, 0.1) is 0 Å². The highest BCUT2D eigenvalue weighted by molar-refractivity contribution is 7.98. The Morgan fingerprint density at radius 1 is 1.54 bits per heavy atom. The largest absolute Gasteiger partial charge is 0.353 e. The Morgan fingerprint density at radius 2 is 2.31 bits per heavy atom. The first-order chi connectivity index (χ1) is 6.29. The summed E-state index contributed by atoms with van der Waals surface area (Å²) in [5, 5.41) is 1.01. The molecule has 1 aliphatic heterocycles. The van der Waals surface area contributed by atoms with Gasteiger partial charge in [0.05, 0.1) is 0 Å². The maximum atomic E-state index is 5.69. The van der Waals surface area contributed by atoms with E-state index in [9.17, 15) is 0 Å². The van der Waals surface area contributed by atoms with Crippen LogP contribution < -0.4 is 10.6 Å². The van der Waals surface area contributed by atoms with Crippen LogP contribution in [0.1, 0.15) is 0 Å². The number of rotatable bonds is 2.